The first-order chi connectivity index (χ1) is 8.74. The summed E-state index contributed by atoms with van der Waals surface area (Å²) in [4.78, 5) is 0.554. The number of rotatable bonds is 6. The van der Waals surface area contributed by atoms with Gasteiger partial charge in [0.25, 0.3) is 0 Å². The predicted octanol–water partition coefficient (Wildman–Crippen LogP) is 5.45. The topological polar surface area (TPSA) is 35.2 Å². The van der Waals surface area contributed by atoms with Crippen LogP contribution in [0.1, 0.15) is 26.7 Å². The van der Waals surface area contributed by atoms with Crippen molar-refractivity contribution in [2.45, 2.75) is 26.7 Å². The van der Waals surface area contributed by atoms with Crippen LogP contribution in [0.2, 0.25) is 0 Å². The molecule has 2 nitrogen and oxygen atoms in total. The SMILES string of the molecule is CC(C)(CCCOc1c(Br)cc(Br)cc1Br)C(N)=S. The summed E-state index contributed by atoms with van der Waals surface area (Å²) < 4.78 is 8.63. The Morgan fingerprint density at radius 2 is 1.79 bits per heavy atom. The summed E-state index contributed by atoms with van der Waals surface area (Å²) in [6.07, 6.45) is 1.81. The van der Waals surface area contributed by atoms with Crippen LogP contribution in [0.4, 0.5) is 0 Å². The molecule has 0 aliphatic carbocycles. The van der Waals surface area contributed by atoms with Crippen LogP contribution in [0.15, 0.2) is 25.6 Å². The monoisotopic (exact) mass is 471 g/mol. The molecule has 0 aliphatic rings. The summed E-state index contributed by atoms with van der Waals surface area (Å²) >= 11 is 15.4. The maximum Gasteiger partial charge on any atom is 0.147 e. The molecule has 0 unspecified atom stereocenters. The van der Waals surface area contributed by atoms with Crippen molar-refractivity contribution in [2.75, 3.05) is 6.61 Å². The Kier molecular flexibility index (Phi) is 6.76. The van der Waals surface area contributed by atoms with Gasteiger partial charge in [-0.25, -0.2) is 0 Å². The molecule has 19 heavy (non-hydrogen) atoms. The van der Waals surface area contributed by atoms with Gasteiger partial charge in [0.15, 0.2) is 0 Å². The summed E-state index contributed by atoms with van der Waals surface area (Å²) in [5.74, 6) is 0.816. The lowest BCUT2D eigenvalue weighted by Crippen LogP contribution is -2.30. The Balaban J connectivity index is 2.53. The Morgan fingerprint density at radius 3 is 2.26 bits per heavy atom. The number of ether oxygens (including phenoxy) is 1. The van der Waals surface area contributed by atoms with Gasteiger partial charge < -0.3 is 10.5 Å². The van der Waals surface area contributed by atoms with Crippen molar-refractivity contribution in [3.05, 3.63) is 25.6 Å². The van der Waals surface area contributed by atoms with Crippen LogP contribution in [0.5, 0.6) is 5.75 Å². The second-order valence-electron chi connectivity index (χ2n) is 4.90. The van der Waals surface area contributed by atoms with E-state index >= 15 is 0 Å². The fourth-order valence-electron chi connectivity index (χ4n) is 1.48. The molecule has 0 fully saturated rings. The standard InChI is InChI=1S/C13H16Br3NOS/c1-13(2,12(17)19)4-3-5-18-11-9(15)6-8(14)7-10(11)16/h6-7H,3-5H2,1-2H3,(H2,17,19). The molecule has 0 spiro atoms. The highest BCUT2D eigenvalue weighted by Gasteiger charge is 2.20. The van der Waals surface area contributed by atoms with E-state index in [1.54, 1.807) is 0 Å². The number of halogens is 3. The zero-order valence-electron chi connectivity index (χ0n) is 10.8. The van der Waals surface area contributed by atoms with Crippen LogP contribution >= 0.6 is 60.0 Å². The van der Waals surface area contributed by atoms with E-state index in [0.717, 1.165) is 32.0 Å². The van der Waals surface area contributed by atoms with Gasteiger partial charge in [0.1, 0.15) is 5.75 Å². The van der Waals surface area contributed by atoms with Crippen LogP contribution in [0.3, 0.4) is 0 Å². The van der Waals surface area contributed by atoms with E-state index in [1.807, 2.05) is 12.1 Å². The highest BCUT2D eigenvalue weighted by atomic mass is 79.9. The van der Waals surface area contributed by atoms with Crippen LogP contribution in [-0.2, 0) is 0 Å². The average molecular weight is 474 g/mol. The lowest BCUT2D eigenvalue weighted by atomic mass is 9.88. The third-order valence-corrected chi connectivity index (χ3v) is 5.01. The van der Waals surface area contributed by atoms with Gasteiger partial charge in [0, 0.05) is 9.89 Å². The molecule has 0 aromatic heterocycles. The molecule has 106 valence electrons. The summed E-state index contributed by atoms with van der Waals surface area (Å²) in [5.41, 5.74) is 5.58. The van der Waals surface area contributed by atoms with Gasteiger partial charge in [0.2, 0.25) is 0 Å². The van der Waals surface area contributed by atoms with Gasteiger partial charge in [-0.2, -0.15) is 0 Å². The molecule has 1 aromatic rings. The number of hydrogen-bond donors (Lipinski definition) is 1. The Hall–Kier alpha value is 0.350. The summed E-state index contributed by atoms with van der Waals surface area (Å²) in [6.45, 7) is 4.74. The fourth-order valence-corrected chi connectivity index (χ4v) is 4.07. The quantitative estimate of drug-likeness (QED) is 0.441. The lowest BCUT2D eigenvalue weighted by molar-refractivity contribution is 0.285. The van der Waals surface area contributed by atoms with Crippen molar-refractivity contribution in [3.8, 4) is 5.75 Å². The van der Waals surface area contributed by atoms with Crippen molar-refractivity contribution in [3.63, 3.8) is 0 Å². The van der Waals surface area contributed by atoms with Gasteiger partial charge >= 0.3 is 0 Å². The molecular formula is C13H16Br3NOS. The zero-order valence-corrected chi connectivity index (χ0v) is 16.4. The maximum absolute atomic E-state index is 5.80. The van der Waals surface area contributed by atoms with E-state index in [-0.39, 0.29) is 5.41 Å². The molecule has 0 amide bonds. The molecule has 1 rings (SSSR count). The number of benzene rings is 1. The van der Waals surface area contributed by atoms with Crippen LogP contribution in [0.25, 0.3) is 0 Å². The van der Waals surface area contributed by atoms with E-state index < -0.39 is 0 Å². The van der Waals surface area contributed by atoms with Crippen LogP contribution < -0.4 is 10.5 Å². The summed E-state index contributed by atoms with van der Waals surface area (Å²) in [6, 6.07) is 3.91. The van der Waals surface area contributed by atoms with E-state index in [1.165, 1.54) is 0 Å². The Bertz CT molecular complexity index is 454. The molecule has 0 radical (unpaired) electrons. The van der Waals surface area contributed by atoms with Crippen molar-refractivity contribution in [2.24, 2.45) is 11.1 Å². The predicted molar refractivity (Wildman–Crippen MR) is 94.8 cm³/mol. The van der Waals surface area contributed by atoms with Crippen molar-refractivity contribution >= 4 is 65.0 Å². The van der Waals surface area contributed by atoms with Gasteiger partial charge in [-0.15, -0.1) is 0 Å². The molecule has 0 bridgehead atoms. The van der Waals surface area contributed by atoms with Gasteiger partial charge in [0.05, 0.1) is 20.5 Å². The molecule has 2 N–H and O–H groups in total. The second kappa shape index (κ2) is 7.38. The van der Waals surface area contributed by atoms with Crippen molar-refractivity contribution in [1.29, 1.82) is 0 Å². The van der Waals surface area contributed by atoms with Crippen molar-refractivity contribution in [1.82, 2.24) is 0 Å². The first-order valence-corrected chi connectivity index (χ1v) is 8.60. The minimum atomic E-state index is -0.118. The molecule has 1 aromatic carbocycles. The zero-order chi connectivity index (χ0) is 14.6. The molecule has 0 saturated heterocycles. The highest BCUT2D eigenvalue weighted by Crippen LogP contribution is 2.36. The molecule has 0 heterocycles. The average Bonchev–Trinajstić information content (AvgIpc) is 2.26. The second-order valence-corrected chi connectivity index (χ2v) is 7.96. The molecule has 0 saturated carbocycles. The van der Waals surface area contributed by atoms with E-state index in [2.05, 4.69) is 61.6 Å². The molecule has 0 aliphatic heterocycles. The number of thiocarbonyl (C=S) groups is 1. The molecular weight excluding hydrogens is 458 g/mol. The van der Waals surface area contributed by atoms with E-state index in [9.17, 15) is 0 Å². The first-order valence-electron chi connectivity index (χ1n) is 5.81. The third-order valence-electron chi connectivity index (χ3n) is 2.82. The Morgan fingerprint density at radius 1 is 1.26 bits per heavy atom. The fraction of sp³-hybridized carbons (Fsp3) is 0.462. The van der Waals surface area contributed by atoms with Gasteiger partial charge in [-0.05, 0) is 56.8 Å². The minimum absolute atomic E-state index is 0.118. The smallest absolute Gasteiger partial charge is 0.147 e. The largest absolute Gasteiger partial charge is 0.491 e. The van der Waals surface area contributed by atoms with Crippen LogP contribution in [-0.4, -0.2) is 11.6 Å². The maximum atomic E-state index is 5.80. The van der Waals surface area contributed by atoms with E-state index in [0.29, 0.717) is 11.6 Å². The first kappa shape index (κ1) is 17.4. The minimum Gasteiger partial charge on any atom is -0.491 e. The Labute approximate surface area is 144 Å². The highest BCUT2D eigenvalue weighted by molar-refractivity contribution is 9.11. The van der Waals surface area contributed by atoms with E-state index in [4.69, 9.17) is 22.7 Å². The molecule has 0 atom stereocenters. The van der Waals surface area contributed by atoms with Crippen LogP contribution in [0, 0.1) is 5.41 Å². The number of hydrogen-bond acceptors (Lipinski definition) is 2. The van der Waals surface area contributed by atoms with Gasteiger partial charge in [-0.1, -0.05) is 42.0 Å². The summed E-state index contributed by atoms with van der Waals surface area (Å²) in [7, 11) is 0. The molecule has 6 heteroatoms. The summed E-state index contributed by atoms with van der Waals surface area (Å²) in [5, 5.41) is 0. The third kappa shape index (κ3) is 5.33. The van der Waals surface area contributed by atoms with Gasteiger partial charge in [-0.3, -0.25) is 0 Å². The normalized spacial score (nSPS) is 11.4. The number of nitrogens with two attached hydrogens (primary N) is 1. The van der Waals surface area contributed by atoms with Crippen molar-refractivity contribution < 1.29 is 4.74 Å². The lowest BCUT2D eigenvalue weighted by Gasteiger charge is -2.22.